The molecule has 0 saturated carbocycles. The Balaban J connectivity index is 1.81. The number of morpholine rings is 1. The predicted molar refractivity (Wildman–Crippen MR) is 118 cm³/mol. The average Bonchev–Trinajstić information content (AvgIpc) is 3.04. The van der Waals surface area contributed by atoms with Gasteiger partial charge in [-0.15, -0.1) is 6.58 Å². The fraction of sp³-hybridized carbons (Fsp3) is 0.450. The van der Waals surface area contributed by atoms with E-state index >= 15 is 0 Å². The molecule has 0 radical (unpaired) electrons. The number of hydrogen-bond acceptors (Lipinski definition) is 7. The molecule has 2 amide bonds. The molecule has 1 aliphatic heterocycles. The second-order valence-corrected chi connectivity index (χ2v) is 9.95. The molecule has 1 aliphatic rings. The monoisotopic (exact) mass is 467 g/mol. The first kappa shape index (κ1) is 23.2. The van der Waals surface area contributed by atoms with Crippen LogP contribution in [0.15, 0.2) is 35.8 Å². The maximum Gasteiger partial charge on any atom is 0.263 e. The third-order valence-corrected chi connectivity index (χ3v) is 6.96. The standard InChI is InChI=1S/C20H25N3O6S2/c1-3-7-23-16-6-5-15(29-4-2)12-17(16)30-20(23)21-18(24)13-31(26,27)14-19(25)22-8-10-28-11-9-22/h3,5-6,12H,1,4,7-11,13-14H2,2H3. The van der Waals surface area contributed by atoms with E-state index in [1.54, 1.807) is 10.6 Å². The summed E-state index contributed by atoms with van der Waals surface area (Å²) in [5.41, 5.74) is 0.838. The zero-order valence-corrected chi connectivity index (χ0v) is 18.9. The van der Waals surface area contributed by atoms with Crippen LogP contribution in [0.4, 0.5) is 0 Å². The lowest BCUT2D eigenvalue weighted by atomic mass is 10.3. The third kappa shape index (κ3) is 6.02. The average molecular weight is 468 g/mol. The summed E-state index contributed by atoms with van der Waals surface area (Å²) in [5.74, 6) is -2.18. The van der Waals surface area contributed by atoms with Crippen molar-refractivity contribution in [2.24, 2.45) is 4.99 Å². The SMILES string of the molecule is C=CCn1c(=NC(=O)CS(=O)(=O)CC(=O)N2CCOCC2)sc2cc(OCC)ccc21. The van der Waals surface area contributed by atoms with Crippen LogP contribution in [0.2, 0.25) is 0 Å². The largest absolute Gasteiger partial charge is 0.494 e. The molecule has 1 saturated heterocycles. The molecule has 0 bridgehead atoms. The first-order valence-electron chi connectivity index (χ1n) is 9.83. The number of allylic oxidation sites excluding steroid dienone is 1. The second-order valence-electron chi connectivity index (χ2n) is 6.88. The lowest BCUT2D eigenvalue weighted by Gasteiger charge is -2.26. The van der Waals surface area contributed by atoms with Crippen molar-refractivity contribution in [1.29, 1.82) is 0 Å². The Morgan fingerprint density at radius 1 is 1.29 bits per heavy atom. The van der Waals surface area contributed by atoms with Gasteiger partial charge in [0, 0.05) is 19.6 Å². The van der Waals surface area contributed by atoms with Gasteiger partial charge < -0.3 is 18.9 Å². The molecule has 1 fully saturated rings. The molecule has 11 heteroatoms. The molecule has 0 spiro atoms. The predicted octanol–water partition coefficient (Wildman–Crippen LogP) is 0.988. The van der Waals surface area contributed by atoms with Crippen LogP contribution in [-0.2, 0) is 30.7 Å². The van der Waals surface area contributed by atoms with Gasteiger partial charge in [-0.05, 0) is 25.1 Å². The van der Waals surface area contributed by atoms with Crippen molar-refractivity contribution in [1.82, 2.24) is 9.47 Å². The maximum atomic E-state index is 12.4. The molecule has 168 valence electrons. The topological polar surface area (TPSA) is 107 Å². The molecule has 2 heterocycles. The highest BCUT2D eigenvalue weighted by Crippen LogP contribution is 2.23. The van der Waals surface area contributed by atoms with Crippen molar-refractivity contribution in [3.05, 3.63) is 35.7 Å². The minimum atomic E-state index is -3.94. The van der Waals surface area contributed by atoms with E-state index in [-0.39, 0.29) is 0 Å². The smallest absolute Gasteiger partial charge is 0.263 e. The van der Waals surface area contributed by atoms with Crippen LogP contribution in [0, 0.1) is 0 Å². The number of aromatic nitrogens is 1. The van der Waals surface area contributed by atoms with E-state index in [0.29, 0.717) is 50.0 Å². The summed E-state index contributed by atoms with van der Waals surface area (Å²) < 4.78 is 38.1. The summed E-state index contributed by atoms with van der Waals surface area (Å²) in [6.45, 7) is 8.00. The Hall–Kier alpha value is -2.50. The molecule has 1 aromatic heterocycles. The minimum absolute atomic E-state index is 0.347. The van der Waals surface area contributed by atoms with Crippen LogP contribution in [0.5, 0.6) is 5.75 Å². The van der Waals surface area contributed by atoms with Gasteiger partial charge in [0.2, 0.25) is 5.91 Å². The van der Waals surface area contributed by atoms with Gasteiger partial charge in [-0.1, -0.05) is 17.4 Å². The van der Waals surface area contributed by atoms with Gasteiger partial charge in [0.1, 0.15) is 17.3 Å². The zero-order valence-electron chi connectivity index (χ0n) is 17.3. The minimum Gasteiger partial charge on any atom is -0.494 e. The summed E-state index contributed by atoms with van der Waals surface area (Å²) in [7, 11) is -3.94. The van der Waals surface area contributed by atoms with Crippen LogP contribution in [0.1, 0.15) is 6.92 Å². The van der Waals surface area contributed by atoms with E-state index in [0.717, 1.165) is 10.2 Å². The number of hydrogen-bond donors (Lipinski definition) is 0. The highest BCUT2D eigenvalue weighted by atomic mass is 32.2. The van der Waals surface area contributed by atoms with E-state index in [4.69, 9.17) is 9.47 Å². The van der Waals surface area contributed by atoms with Gasteiger partial charge in [0.25, 0.3) is 5.91 Å². The van der Waals surface area contributed by atoms with Gasteiger partial charge >= 0.3 is 0 Å². The van der Waals surface area contributed by atoms with Crippen molar-refractivity contribution in [3.63, 3.8) is 0 Å². The molecule has 0 unspecified atom stereocenters. The van der Waals surface area contributed by atoms with Gasteiger partial charge in [0.15, 0.2) is 14.6 Å². The lowest BCUT2D eigenvalue weighted by Crippen LogP contribution is -2.43. The maximum absolute atomic E-state index is 12.4. The van der Waals surface area contributed by atoms with Crippen molar-refractivity contribution >= 4 is 43.2 Å². The van der Waals surface area contributed by atoms with Crippen molar-refractivity contribution in [2.75, 3.05) is 44.4 Å². The summed E-state index contributed by atoms with van der Waals surface area (Å²) in [4.78, 5) is 30.5. The van der Waals surface area contributed by atoms with Crippen molar-refractivity contribution < 1.29 is 27.5 Å². The van der Waals surface area contributed by atoms with Gasteiger partial charge in [-0.2, -0.15) is 4.99 Å². The summed E-state index contributed by atoms with van der Waals surface area (Å²) >= 11 is 1.26. The van der Waals surface area contributed by atoms with Gasteiger partial charge in [-0.25, -0.2) is 8.42 Å². The number of sulfone groups is 1. The fourth-order valence-electron chi connectivity index (χ4n) is 3.17. The normalized spacial score (nSPS) is 15.3. The highest BCUT2D eigenvalue weighted by Gasteiger charge is 2.25. The van der Waals surface area contributed by atoms with Crippen LogP contribution < -0.4 is 9.54 Å². The quantitative estimate of drug-likeness (QED) is 0.536. The molecule has 2 aromatic rings. The number of ether oxygens (including phenoxy) is 2. The molecule has 0 atom stereocenters. The van der Waals surface area contributed by atoms with E-state index in [1.165, 1.54) is 16.2 Å². The summed E-state index contributed by atoms with van der Waals surface area (Å²) in [6.07, 6.45) is 1.67. The van der Waals surface area contributed by atoms with Gasteiger partial charge in [0.05, 0.1) is 30.0 Å². The van der Waals surface area contributed by atoms with E-state index in [1.807, 2.05) is 25.1 Å². The first-order chi connectivity index (χ1) is 14.8. The van der Waals surface area contributed by atoms with Crippen molar-refractivity contribution in [3.8, 4) is 5.75 Å². The second kappa shape index (κ2) is 10.2. The molecule has 9 nitrogen and oxygen atoms in total. The molecule has 3 rings (SSSR count). The fourth-order valence-corrected chi connectivity index (χ4v) is 5.36. The molecule has 31 heavy (non-hydrogen) atoms. The Kier molecular flexibility index (Phi) is 7.63. The summed E-state index contributed by atoms with van der Waals surface area (Å²) in [6, 6.07) is 5.54. The number of amides is 2. The van der Waals surface area contributed by atoms with Crippen molar-refractivity contribution in [2.45, 2.75) is 13.5 Å². The summed E-state index contributed by atoms with van der Waals surface area (Å²) in [5, 5.41) is 0. The van der Waals surface area contributed by atoms with E-state index in [9.17, 15) is 18.0 Å². The Morgan fingerprint density at radius 2 is 2.03 bits per heavy atom. The van der Waals surface area contributed by atoms with Crippen LogP contribution >= 0.6 is 11.3 Å². The number of carbonyl (C=O) groups is 2. The third-order valence-electron chi connectivity index (χ3n) is 4.55. The lowest BCUT2D eigenvalue weighted by molar-refractivity contribution is -0.132. The molecular formula is C20H25N3O6S2. The van der Waals surface area contributed by atoms with E-state index in [2.05, 4.69) is 11.6 Å². The Morgan fingerprint density at radius 3 is 2.71 bits per heavy atom. The number of benzene rings is 1. The molecule has 0 aliphatic carbocycles. The first-order valence-corrected chi connectivity index (χ1v) is 12.5. The van der Waals surface area contributed by atoms with Crippen LogP contribution in [0.3, 0.4) is 0 Å². The molecule has 1 aromatic carbocycles. The Labute approximate surface area is 184 Å². The molecule has 0 N–H and O–H groups in total. The van der Waals surface area contributed by atoms with Crippen LogP contribution in [0.25, 0.3) is 10.2 Å². The number of nitrogens with zero attached hydrogens (tertiary/aromatic N) is 3. The zero-order chi connectivity index (χ0) is 22.4. The van der Waals surface area contributed by atoms with E-state index < -0.39 is 33.2 Å². The number of rotatable bonds is 8. The number of carbonyl (C=O) groups excluding carboxylic acids is 2. The Bertz CT molecular complexity index is 1140. The number of fused-ring (bicyclic) bond motifs is 1. The van der Waals surface area contributed by atoms with Crippen LogP contribution in [-0.4, -0.2) is 74.1 Å². The number of thiazole rings is 1. The molecular weight excluding hydrogens is 442 g/mol. The van der Waals surface area contributed by atoms with Gasteiger partial charge in [-0.3, -0.25) is 9.59 Å². The highest BCUT2D eigenvalue weighted by molar-refractivity contribution is 7.92.